The van der Waals surface area contributed by atoms with E-state index in [9.17, 15) is 13.6 Å². The highest BCUT2D eigenvalue weighted by molar-refractivity contribution is 9.10. The molecule has 0 saturated heterocycles. The molecule has 0 saturated carbocycles. The Morgan fingerprint density at radius 1 is 1.16 bits per heavy atom. The number of carbonyl (C=O) groups excluding carboxylic acids is 1. The molecule has 1 amide bonds. The van der Waals surface area contributed by atoms with Crippen molar-refractivity contribution in [2.75, 3.05) is 11.1 Å². The molecule has 0 aliphatic heterocycles. The number of alkyl halides is 2. The number of rotatable bonds is 8. The zero-order valence-electron chi connectivity index (χ0n) is 16.2. The maximum atomic E-state index is 12.5. The van der Waals surface area contributed by atoms with E-state index in [1.807, 2.05) is 28.8 Å². The summed E-state index contributed by atoms with van der Waals surface area (Å²) in [7, 11) is 0. The lowest BCUT2D eigenvalue weighted by Crippen LogP contribution is -2.14. The topological polar surface area (TPSA) is 69.0 Å². The standard InChI is InChI=1S/C21H15BrF2N4O2S2/c22-14-3-1-13(2-4-14)17-11-26-21(32-12-18(29)27-20-25-9-10-31-20)28(17)15-5-7-16(8-6-15)30-19(23)24/h1-11,19H,12H2,(H,25,27,29). The summed E-state index contributed by atoms with van der Waals surface area (Å²) >= 11 is 6.03. The van der Waals surface area contributed by atoms with E-state index in [1.165, 1.54) is 35.2 Å². The first kappa shape index (κ1) is 22.4. The van der Waals surface area contributed by atoms with Crippen LogP contribution >= 0.6 is 39.0 Å². The second kappa shape index (κ2) is 10.2. The highest BCUT2D eigenvalue weighted by Crippen LogP contribution is 2.31. The summed E-state index contributed by atoms with van der Waals surface area (Å²) in [5, 5.41) is 5.63. The normalized spacial score (nSPS) is 11.0. The molecule has 0 radical (unpaired) electrons. The first-order chi connectivity index (χ1) is 15.5. The van der Waals surface area contributed by atoms with Gasteiger partial charge < -0.3 is 10.1 Å². The van der Waals surface area contributed by atoms with Crippen LogP contribution in [-0.4, -0.2) is 32.8 Å². The van der Waals surface area contributed by atoms with Crippen molar-refractivity contribution in [2.24, 2.45) is 0 Å². The van der Waals surface area contributed by atoms with Gasteiger partial charge in [-0.1, -0.05) is 39.8 Å². The van der Waals surface area contributed by atoms with Crippen molar-refractivity contribution in [3.8, 4) is 22.7 Å². The zero-order chi connectivity index (χ0) is 22.5. The van der Waals surface area contributed by atoms with E-state index in [-0.39, 0.29) is 17.4 Å². The molecule has 4 aromatic rings. The van der Waals surface area contributed by atoms with Crippen molar-refractivity contribution in [3.63, 3.8) is 0 Å². The number of halogens is 3. The summed E-state index contributed by atoms with van der Waals surface area (Å²) < 4.78 is 32.3. The molecular formula is C21H15BrF2N4O2S2. The number of nitrogens with zero attached hydrogens (tertiary/aromatic N) is 3. The maximum Gasteiger partial charge on any atom is 0.387 e. The molecule has 2 aromatic carbocycles. The van der Waals surface area contributed by atoms with E-state index in [2.05, 4.69) is 36.0 Å². The van der Waals surface area contributed by atoms with Gasteiger partial charge in [0.25, 0.3) is 0 Å². The summed E-state index contributed by atoms with van der Waals surface area (Å²) in [6.45, 7) is -2.89. The van der Waals surface area contributed by atoms with Gasteiger partial charge in [0.05, 0.1) is 17.6 Å². The van der Waals surface area contributed by atoms with Crippen molar-refractivity contribution in [1.29, 1.82) is 0 Å². The molecule has 2 aromatic heterocycles. The smallest absolute Gasteiger partial charge is 0.387 e. The van der Waals surface area contributed by atoms with Crippen LogP contribution in [0.25, 0.3) is 16.9 Å². The number of thioether (sulfide) groups is 1. The van der Waals surface area contributed by atoms with E-state index in [0.717, 1.165) is 15.7 Å². The Kier molecular flexibility index (Phi) is 7.18. The first-order valence-corrected chi connectivity index (χ1v) is 11.9. The molecule has 32 heavy (non-hydrogen) atoms. The summed E-state index contributed by atoms with van der Waals surface area (Å²) in [6, 6.07) is 14.0. The summed E-state index contributed by atoms with van der Waals surface area (Å²) in [6.07, 6.45) is 3.33. The maximum absolute atomic E-state index is 12.5. The quantitative estimate of drug-likeness (QED) is 0.276. The van der Waals surface area contributed by atoms with Crippen LogP contribution in [0.15, 0.2) is 75.9 Å². The van der Waals surface area contributed by atoms with Crippen LogP contribution in [0.3, 0.4) is 0 Å². The Balaban J connectivity index is 1.62. The zero-order valence-corrected chi connectivity index (χ0v) is 19.5. The number of ether oxygens (including phenoxy) is 1. The number of hydrogen-bond acceptors (Lipinski definition) is 6. The van der Waals surface area contributed by atoms with Crippen LogP contribution in [0, 0.1) is 0 Å². The Morgan fingerprint density at radius 3 is 2.56 bits per heavy atom. The molecule has 1 N–H and O–H groups in total. The molecule has 6 nitrogen and oxygen atoms in total. The van der Waals surface area contributed by atoms with E-state index < -0.39 is 6.61 Å². The van der Waals surface area contributed by atoms with E-state index >= 15 is 0 Å². The van der Waals surface area contributed by atoms with Crippen LogP contribution in [0.1, 0.15) is 0 Å². The molecule has 0 aliphatic rings. The SMILES string of the molecule is O=C(CSc1ncc(-c2ccc(Br)cc2)n1-c1ccc(OC(F)F)cc1)Nc1nccs1. The second-order valence-electron chi connectivity index (χ2n) is 6.31. The number of nitrogens with one attached hydrogen (secondary N) is 1. The van der Waals surface area contributed by atoms with Gasteiger partial charge >= 0.3 is 6.61 Å². The fourth-order valence-electron chi connectivity index (χ4n) is 2.86. The fourth-order valence-corrected chi connectivity index (χ4v) is 4.46. The first-order valence-electron chi connectivity index (χ1n) is 9.20. The molecule has 0 atom stereocenters. The van der Waals surface area contributed by atoms with E-state index in [1.54, 1.807) is 29.9 Å². The van der Waals surface area contributed by atoms with Crippen molar-refractivity contribution in [1.82, 2.24) is 14.5 Å². The number of hydrogen-bond donors (Lipinski definition) is 1. The highest BCUT2D eigenvalue weighted by Gasteiger charge is 2.16. The number of aromatic nitrogens is 3. The third-order valence-electron chi connectivity index (χ3n) is 4.20. The Labute approximate surface area is 198 Å². The van der Waals surface area contributed by atoms with Gasteiger partial charge in [-0.05, 0) is 36.4 Å². The molecule has 0 fully saturated rings. The van der Waals surface area contributed by atoms with Gasteiger partial charge in [0.1, 0.15) is 5.75 Å². The highest BCUT2D eigenvalue weighted by atomic mass is 79.9. The average molecular weight is 537 g/mol. The van der Waals surface area contributed by atoms with Gasteiger partial charge in [-0.15, -0.1) is 11.3 Å². The Hall–Kier alpha value is -2.76. The van der Waals surface area contributed by atoms with Gasteiger partial charge in [0.2, 0.25) is 5.91 Å². The Morgan fingerprint density at radius 2 is 1.91 bits per heavy atom. The monoisotopic (exact) mass is 536 g/mol. The third-order valence-corrected chi connectivity index (χ3v) is 6.37. The van der Waals surface area contributed by atoms with Crippen molar-refractivity contribution >= 4 is 50.1 Å². The van der Waals surface area contributed by atoms with Crippen LogP contribution in [-0.2, 0) is 4.79 Å². The lowest BCUT2D eigenvalue weighted by Gasteiger charge is -2.13. The summed E-state index contributed by atoms with van der Waals surface area (Å²) in [5.74, 6) is -0.0142. The largest absolute Gasteiger partial charge is 0.435 e. The average Bonchev–Trinajstić information content (AvgIpc) is 3.43. The van der Waals surface area contributed by atoms with Crippen molar-refractivity contribution < 1.29 is 18.3 Å². The molecule has 0 bridgehead atoms. The van der Waals surface area contributed by atoms with Gasteiger partial charge in [0.15, 0.2) is 10.3 Å². The molecule has 164 valence electrons. The molecular weight excluding hydrogens is 522 g/mol. The summed E-state index contributed by atoms with van der Waals surface area (Å²) in [4.78, 5) is 20.8. The number of thiazole rings is 1. The minimum Gasteiger partial charge on any atom is -0.435 e. The molecule has 11 heteroatoms. The number of benzene rings is 2. The lowest BCUT2D eigenvalue weighted by molar-refractivity contribution is -0.113. The van der Waals surface area contributed by atoms with E-state index in [4.69, 9.17) is 0 Å². The fraction of sp³-hybridized carbons (Fsp3) is 0.0952. The van der Waals surface area contributed by atoms with Gasteiger partial charge in [-0.2, -0.15) is 8.78 Å². The lowest BCUT2D eigenvalue weighted by atomic mass is 10.1. The number of amides is 1. The van der Waals surface area contributed by atoms with Gasteiger partial charge in [-0.3, -0.25) is 9.36 Å². The van der Waals surface area contributed by atoms with Crippen LogP contribution in [0.5, 0.6) is 5.75 Å². The number of imidazole rings is 1. The van der Waals surface area contributed by atoms with Crippen molar-refractivity contribution in [2.45, 2.75) is 11.8 Å². The Bertz CT molecular complexity index is 1180. The van der Waals surface area contributed by atoms with Crippen LogP contribution < -0.4 is 10.1 Å². The summed E-state index contributed by atoms with van der Waals surface area (Å²) in [5.41, 5.74) is 2.40. The minimum atomic E-state index is -2.89. The minimum absolute atomic E-state index is 0.0612. The third kappa shape index (κ3) is 5.53. The molecule has 0 aliphatic carbocycles. The second-order valence-corrected chi connectivity index (χ2v) is 9.07. The van der Waals surface area contributed by atoms with Crippen LogP contribution in [0.2, 0.25) is 0 Å². The number of carbonyl (C=O) groups is 1. The molecule has 2 heterocycles. The molecule has 0 unspecified atom stereocenters. The molecule has 0 spiro atoms. The van der Waals surface area contributed by atoms with Gasteiger partial charge in [0, 0.05) is 27.3 Å². The van der Waals surface area contributed by atoms with E-state index in [0.29, 0.717) is 16.0 Å². The van der Waals surface area contributed by atoms with Gasteiger partial charge in [-0.25, -0.2) is 9.97 Å². The predicted molar refractivity (Wildman–Crippen MR) is 125 cm³/mol. The van der Waals surface area contributed by atoms with Crippen molar-refractivity contribution in [3.05, 3.63) is 70.8 Å². The van der Waals surface area contributed by atoms with Crippen LogP contribution in [0.4, 0.5) is 13.9 Å². The molecule has 4 rings (SSSR count). The number of anilines is 1. The predicted octanol–water partition coefficient (Wildman–Crippen LogP) is 6.09.